The Kier molecular flexibility index (Phi) is 5.58. The fourth-order valence-electron chi connectivity index (χ4n) is 2.64. The van der Waals surface area contributed by atoms with E-state index in [4.69, 9.17) is 9.15 Å². The van der Waals surface area contributed by atoms with E-state index in [-0.39, 0.29) is 12.4 Å². The molecule has 3 aromatic rings. The van der Waals surface area contributed by atoms with Gasteiger partial charge in [-0.3, -0.25) is 4.79 Å². The third-order valence-corrected chi connectivity index (χ3v) is 3.91. The number of benzene rings is 2. The first-order valence-corrected chi connectivity index (χ1v) is 8.30. The molecule has 3 rings (SSSR count). The maximum absolute atomic E-state index is 13.7. The standard InChI is InChI=1S/C20H14F5NO3/c1-9-5-10(2)7-12(6-9)28-8-11-3-4-13(29-11)20(27)26-19-17(24)15(22)14(21)16(23)18(19)25/h3-7H,8H2,1-2H3,(H,26,27). The summed E-state index contributed by atoms with van der Waals surface area (Å²) >= 11 is 0. The average Bonchev–Trinajstić information content (AvgIpc) is 3.15. The second-order valence-electron chi connectivity index (χ2n) is 6.28. The quantitative estimate of drug-likeness (QED) is 0.346. The molecule has 9 heteroatoms. The highest BCUT2D eigenvalue weighted by Crippen LogP contribution is 2.27. The number of furan rings is 1. The predicted molar refractivity (Wildman–Crippen MR) is 93.1 cm³/mol. The van der Waals surface area contributed by atoms with Crippen molar-refractivity contribution < 1.29 is 35.9 Å². The first-order valence-electron chi connectivity index (χ1n) is 8.30. The molecule has 0 aliphatic carbocycles. The Balaban J connectivity index is 1.73. The highest BCUT2D eigenvalue weighted by Gasteiger charge is 2.27. The number of carbonyl (C=O) groups is 1. The van der Waals surface area contributed by atoms with Gasteiger partial charge in [0.2, 0.25) is 5.82 Å². The predicted octanol–water partition coefficient (Wildman–Crippen LogP) is 5.42. The van der Waals surface area contributed by atoms with E-state index in [9.17, 15) is 26.7 Å². The molecule has 0 aliphatic heterocycles. The van der Waals surface area contributed by atoms with Gasteiger partial charge in [0.15, 0.2) is 29.0 Å². The molecule has 0 atom stereocenters. The molecule has 1 amide bonds. The van der Waals surface area contributed by atoms with Crippen LogP contribution in [0.25, 0.3) is 0 Å². The second-order valence-corrected chi connectivity index (χ2v) is 6.28. The van der Waals surface area contributed by atoms with E-state index in [1.807, 2.05) is 19.9 Å². The molecule has 0 bridgehead atoms. The van der Waals surface area contributed by atoms with Crippen molar-refractivity contribution in [2.24, 2.45) is 0 Å². The zero-order valence-electron chi connectivity index (χ0n) is 15.2. The summed E-state index contributed by atoms with van der Waals surface area (Å²) in [6.07, 6.45) is 0. The van der Waals surface area contributed by atoms with E-state index in [0.717, 1.165) is 11.1 Å². The van der Waals surface area contributed by atoms with Gasteiger partial charge in [0, 0.05) is 0 Å². The molecule has 152 valence electrons. The lowest BCUT2D eigenvalue weighted by molar-refractivity contribution is 0.0991. The summed E-state index contributed by atoms with van der Waals surface area (Å²) in [5.41, 5.74) is 0.514. The fourth-order valence-corrected chi connectivity index (χ4v) is 2.64. The van der Waals surface area contributed by atoms with E-state index in [2.05, 4.69) is 0 Å². The number of carbonyl (C=O) groups excluding carboxylic acids is 1. The van der Waals surface area contributed by atoms with Gasteiger partial charge >= 0.3 is 0 Å². The second kappa shape index (κ2) is 7.94. The van der Waals surface area contributed by atoms with Crippen LogP contribution in [0.1, 0.15) is 27.4 Å². The minimum Gasteiger partial charge on any atom is -0.486 e. The van der Waals surface area contributed by atoms with Crippen molar-refractivity contribution in [3.05, 3.63) is 82.1 Å². The Morgan fingerprint density at radius 1 is 0.897 bits per heavy atom. The Labute approximate surface area is 161 Å². The summed E-state index contributed by atoms with van der Waals surface area (Å²) in [5.74, 6) is -11.7. The van der Waals surface area contributed by atoms with Crippen LogP contribution >= 0.6 is 0 Å². The van der Waals surface area contributed by atoms with Crippen LogP contribution in [0, 0.1) is 42.9 Å². The Hall–Kier alpha value is -3.36. The van der Waals surface area contributed by atoms with Crippen molar-refractivity contribution in [2.45, 2.75) is 20.5 Å². The van der Waals surface area contributed by atoms with E-state index in [1.165, 1.54) is 12.1 Å². The van der Waals surface area contributed by atoms with E-state index in [0.29, 0.717) is 5.75 Å². The third kappa shape index (κ3) is 4.23. The van der Waals surface area contributed by atoms with Gasteiger partial charge in [-0.05, 0) is 49.2 Å². The lowest BCUT2D eigenvalue weighted by Gasteiger charge is -2.09. The zero-order chi connectivity index (χ0) is 21.3. The molecule has 4 nitrogen and oxygen atoms in total. The number of nitrogens with one attached hydrogen (secondary N) is 1. The van der Waals surface area contributed by atoms with Crippen molar-refractivity contribution in [3.8, 4) is 5.75 Å². The largest absolute Gasteiger partial charge is 0.486 e. The van der Waals surface area contributed by atoms with Crippen LogP contribution in [0.2, 0.25) is 0 Å². The fraction of sp³-hybridized carbons (Fsp3) is 0.150. The Morgan fingerprint density at radius 3 is 2.03 bits per heavy atom. The Morgan fingerprint density at radius 2 is 1.45 bits per heavy atom. The lowest BCUT2D eigenvalue weighted by atomic mass is 10.1. The highest BCUT2D eigenvalue weighted by molar-refractivity contribution is 6.02. The SMILES string of the molecule is Cc1cc(C)cc(OCc2ccc(C(=O)Nc3c(F)c(F)c(F)c(F)c3F)o2)c1. The van der Waals surface area contributed by atoms with Crippen LogP contribution in [-0.4, -0.2) is 5.91 Å². The van der Waals surface area contributed by atoms with Gasteiger partial charge in [0.25, 0.3) is 5.91 Å². The minimum absolute atomic E-state index is 0.0430. The molecular weight excluding hydrogens is 397 g/mol. The molecule has 29 heavy (non-hydrogen) atoms. The van der Waals surface area contributed by atoms with Crippen LogP contribution in [0.3, 0.4) is 0 Å². The number of rotatable bonds is 5. The molecule has 0 fully saturated rings. The maximum Gasteiger partial charge on any atom is 0.291 e. The molecule has 1 heterocycles. The molecule has 0 radical (unpaired) electrons. The van der Waals surface area contributed by atoms with E-state index in [1.54, 1.807) is 17.4 Å². The summed E-state index contributed by atoms with van der Waals surface area (Å²) in [7, 11) is 0. The van der Waals surface area contributed by atoms with Gasteiger partial charge in [0.05, 0.1) is 0 Å². The van der Waals surface area contributed by atoms with Crippen molar-refractivity contribution in [1.29, 1.82) is 0 Å². The van der Waals surface area contributed by atoms with Crippen LogP contribution < -0.4 is 10.1 Å². The van der Waals surface area contributed by atoms with Crippen molar-refractivity contribution >= 4 is 11.6 Å². The molecule has 2 aromatic carbocycles. The number of hydrogen-bond acceptors (Lipinski definition) is 3. The van der Waals surface area contributed by atoms with Gasteiger partial charge in [-0.25, -0.2) is 22.0 Å². The smallest absolute Gasteiger partial charge is 0.291 e. The van der Waals surface area contributed by atoms with Gasteiger partial charge in [-0.1, -0.05) is 6.07 Å². The van der Waals surface area contributed by atoms with Gasteiger partial charge in [0.1, 0.15) is 23.8 Å². The number of anilines is 1. The van der Waals surface area contributed by atoms with Crippen molar-refractivity contribution in [3.63, 3.8) is 0 Å². The number of ether oxygens (including phenoxy) is 1. The maximum atomic E-state index is 13.7. The summed E-state index contributed by atoms with van der Waals surface area (Å²) in [5, 5.41) is 1.64. The normalized spacial score (nSPS) is 10.9. The first kappa shape index (κ1) is 20.4. The highest BCUT2D eigenvalue weighted by atomic mass is 19.2. The number of aryl methyl sites for hydroxylation is 2. The molecule has 0 spiro atoms. The lowest BCUT2D eigenvalue weighted by Crippen LogP contribution is -2.16. The summed E-state index contributed by atoms with van der Waals surface area (Å²) in [6.45, 7) is 3.75. The van der Waals surface area contributed by atoms with Gasteiger partial charge in [-0.2, -0.15) is 0 Å². The number of amides is 1. The molecule has 0 saturated heterocycles. The molecule has 0 aliphatic rings. The Bertz CT molecular complexity index is 1040. The summed E-state index contributed by atoms with van der Waals surface area (Å²) in [4.78, 5) is 12.1. The van der Waals surface area contributed by atoms with Gasteiger partial charge < -0.3 is 14.5 Å². The number of halogens is 5. The van der Waals surface area contributed by atoms with Gasteiger partial charge in [-0.15, -0.1) is 0 Å². The molecule has 0 unspecified atom stereocenters. The topological polar surface area (TPSA) is 51.5 Å². The summed E-state index contributed by atoms with van der Waals surface area (Å²) < 4.78 is 77.6. The van der Waals surface area contributed by atoms with Crippen molar-refractivity contribution in [2.75, 3.05) is 5.32 Å². The first-order chi connectivity index (χ1) is 13.7. The van der Waals surface area contributed by atoms with Crippen LogP contribution in [0.5, 0.6) is 5.75 Å². The third-order valence-electron chi connectivity index (χ3n) is 3.91. The summed E-state index contributed by atoms with van der Waals surface area (Å²) in [6, 6.07) is 8.12. The van der Waals surface area contributed by atoms with E-state index >= 15 is 0 Å². The average molecular weight is 411 g/mol. The molecule has 1 N–H and O–H groups in total. The monoisotopic (exact) mass is 411 g/mol. The minimum atomic E-state index is -2.32. The van der Waals surface area contributed by atoms with Crippen LogP contribution in [0.15, 0.2) is 34.7 Å². The number of hydrogen-bond donors (Lipinski definition) is 1. The molecular formula is C20H14F5NO3. The van der Waals surface area contributed by atoms with Crippen LogP contribution in [-0.2, 0) is 6.61 Å². The zero-order valence-corrected chi connectivity index (χ0v) is 15.2. The molecule has 1 aromatic heterocycles. The molecule has 0 saturated carbocycles. The van der Waals surface area contributed by atoms with Crippen LogP contribution in [0.4, 0.5) is 27.6 Å². The van der Waals surface area contributed by atoms with Crippen molar-refractivity contribution in [1.82, 2.24) is 0 Å². The van der Waals surface area contributed by atoms with E-state index < -0.39 is 46.4 Å².